The molecule has 1 aliphatic rings. The van der Waals surface area contributed by atoms with Gasteiger partial charge in [-0.2, -0.15) is 0 Å². The number of rotatable bonds is 6. The number of aromatic nitrogens is 1. The van der Waals surface area contributed by atoms with E-state index in [0.29, 0.717) is 30.2 Å². The standard InChI is InChI=1S/C20H23F3N2O4/c1-11-13(16-10-12(29-20(21,22)23)6-7-17(16)25-11)8-9-24-18(26)14-4-2-3-5-15(14)19(27)28/h6-7,10,14-15,25H,2-5,8-9H2,1H3,(H,24,26)(H,27,28)/p-1/t14-,15+/m1/s1. The Bertz CT molecular complexity index is 907. The molecule has 158 valence electrons. The molecule has 0 bridgehead atoms. The summed E-state index contributed by atoms with van der Waals surface area (Å²) in [4.78, 5) is 26.8. The van der Waals surface area contributed by atoms with Crippen LogP contribution in [0.2, 0.25) is 0 Å². The van der Waals surface area contributed by atoms with Gasteiger partial charge in [-0.1, -0.05) is 12.8 Å². The molecule has 0 saturated heterocycles. The molecule has 6 nitrogen and oxygen atoms in total. The van der Waals surface area contributed by atoms with E-state index in [4.69, 9.17) is 0 Å². The zero-order valence-electron chi connectivity index (χ0n) is 15.9. The Labute approximate surface area is 165 Å². The van der Waals surface area contributed by atoms with Crippen molar-refractivity contribution in [3.8, 4) is 5.75 Å². The number of carboxylic acids is 1. The number of amides is 1. The molecule has 1 aliphatic carbocycles. The molecule has 3 rings (SSSR count). The lowest BCUT2D eigenvalue weighted by Crippen LogP contribution is -2.44. The van der Waals surface area contributed by atoms with Crippen molar-refractivity contribution in [3.05, 3.63) is 29.5 Å². The van der Waals surface area contributed by atoms with E-state index in [1.807, 2.05) is 0 Å². The molecule has 2 N–H and O–H groups in total. The highest BCUT2D eigenvalue weighted by atomic mass is 19.4. The van der Waals surface area contributed by atoms with Crippen molar-refractivity contribution in [1.29, 1.82) is 0 Å². The first kappa shape index (κ1) is 21.0. The van der Waals surface area contributed by atoms with Crippen molar-refractivity contribution in [3.63, 3.8) is 0 Å². The summed E-state index contributed by atoms with van der Waals surface area (Å²) in [6.45, 7) is 2.04. The number of hydrogen-bond acceptors (Lipinski definition) is 4. The Kier molecular flexibility index (Phi) is 6.04. The van der Waals surface area contributed by atoms with Crippen LogP contribution in [-0.2, 0) is 16.0 Å². The molecule has 1 fully saturated rings. The number of benzene rings is 1. The predicted molar refractivity (Wildman–Crippen MR) is 96.9 cm³/mol. The van der Waals surface area contributed by atoms with Crippen LogP contribution in [0.1, 0.15) is 36.9 Å². The van der Waals surface area contributed by atoms with E-state index in [1.54, 1.807) is 6.92 Å². The number of hydrogen-bond donors (Lipinski definition) is 2. The number of carboxylic acid groups (broad SMARTS) is 1. The largest absolute Gasteiger partial charge is 0.573 e. The predicted octanol–water partition coefficient (Wildman–Crippen LogP) is 2.59. The monoisotopic (exact) mass is 411 g/mol. The quantitative estimate of drug-likeness (QED) is 0.764. The van der Waals surface area contributed by atoms with Crippen LogP contribution in [0.3, 0.4) is 0 Å². The van der Waals surface area contributed by atoms with Gasteiger partial charge in [0.1, 0.15) is 5.75 Å². The van der Waals surface area contributed by atoms with Crippen molar-refractivity contribution >= 4 is 22.8 Å². The van der Waals surface area contributed by atoms with Gasteiger partial charge in [-0.05, 0) is 49.9 Å². The van der Waals surface area contributed by atoms with Crippen molar-refractivity contribution in [2.75, 3.05) is 6.54 Å². The summed E-state index contributed by atoms with van der Waals surface area (Å²) in [5.74, 6) is -3.22. The van der Waals surface area contributed by atoms with Gasteiger partial charge >= 0.3 is 6.36 Å². The highest BCUT2D eigenvalue weighted by molar-refractivity contribution is 5.86. The van der Waals surface area contributed by atoms with Gasteiger partial charge in [0, 0.05) is 40.9 Å². The maximum absolute atomic E-state index is 12.5. The van der Waals surface area contributed by atoms with Crippen LogP contribution in [0.25, 0.3) is 10.9 Å². The maximum Gasteiger partial charge on any atom is 0.573 e. The van der Waals surface area contributed by atoms with E-state index >= 15 is 0 Å². The number of ether oxygens (including phenoxy) is 1. The Balaban J connectivity index is 1.68. The summed E-state index contributed by atoms with van der Waals surface area (Å²) in [7, 11) is 0. The number of aryl methyl sites for hydroxylation is 1. The normalized spacial score (nSPS) is 19.9. The average Bonchev–Trinajstić information content (AvgIpc) is 2.95. The topological polar surface area (TPSA) is 94.2 Å². The fraction of sp³-hybridized carbons (Fsp3) is 0.500. The SMILES string of the molecule is Cc1[nH]c2ccc(OC(F)(F)F)cc2c1CCNC(=O)[C@@H]1CCCC[C@@H]1C(=O)[O-]. The molecule has 2 aromatic rings. The fourth-order valence-electron chi connectivity index (χ4n) is 4.05. The fourth-order valence-corrected chi connectivity index (χ4v) is 4.05. The lowest BCUT2D eigenvalue weighted by Gasteiger charge is -2.31. The lowest BCUT2D eigenvalue weighted by molar-refractivity contribution is -0.314. The van der Waals surface area contributed by atoms with Gasteiger partial charge in [-0.25, -0.2) is 0 Å². The van der Waals surface area contributed by atoms with Gasteiger partial charge in [-0.3, -0.25) is 4.79 Å². The summed E-state index contributed by atoms with van der Waals surface area (Å²) in [6, 6.07) is 4.06. The first-order valence-electron chi connectivity index (χ1n) is 9.51. The van der Waals surface area contributed by atoms with E-state index in [1.165, 1.54) is 18.2 Å². The number of halogens is 3. The molecule has 9 heteroatoms. The van der Waals surface area contributed by atoms with E-state index in [-0.39, 0.29) is 18.2 Å². The molecule has 1 aromatic carbocycles. The third-order valence-corrected chi connectivity index (χ3v) is 5.40. The molecule has 1 amide bonds. The minimum absolute atomic E-state index is 0.243. The molecule has 1 heterocycles. The Hall–Kier alpha value is -2.71. The number of aromatic amines is 1. The summed E-state index contributed by atoms with van der Waals surface area (Å²) >= 11 is 0. The molecule has 0 aliphatic heterocycles. The summed E-state index contributed by atoms with van der Waals surface area (Å²) in [5, 5.41) is 14.6. The van der Waals surface area contributed by atoms with Crippen LogP contribution >= 0.6 is 0 Å². The molecule has 2 atom stereocenters. The Morgan fingerprint density at radius 3 is 2.59 bits per heavy atom. The molecule has 0 radical (unpaired) electrons. The molecule has 29 heavy (non-hydrogen) atoms. The van der Waals surface area contributed by atoms with Gasteiger partial charge in [0.2, 0.25) is 5.91 Å². The number of alkyl halides is 3. The van der Waals surface area contributed by atoms with Crippen LogP contribution in [-0.4, -0.2) is 29.8 Å². The molecule has 0 spiro atoms. The van der Waals surface area contributed by atoms with E-state index in [0.717, 1.165) is 24.1 Å². The third kappa shape index (κ3) is 5.02. The van der Waals surface area contributed by atoms with Crippen molar-refractivity contribution in [1.82, 2.24) is 10.3 Å². The van der Waals surface area contributed by atoms with Crippen molar-refractivity contribution in [2.45, 2.75) is 45.4 Å². The van der Waals surface area contributed by atoms with E-state index in [9.17, 15) is 27.9 Å². The average molecular weight is 411 g/mol. The summed E-state index contributed by atoms with van der Waals surface area (Å²) < 4.78 is 41.4. The second kappa shape index (κ2) is 8.34. The number of aliphatic carboxylic acids is 1. The Morgan fingerprint density at radius 2 is 1.93 bits per heavy atom. The van der Waals surface area contributed by atoms with Crippen LogP contribution in [0, 0.1) is 18.8 Å². The van der Waals surface area contributed by atoms with Crippen molar-refractivity contribution in [2.24, 2.45) is 11.8 Å². The summed E-state index contributed by atoms with van der Waals surface area (Å²) in [5.41, 5.74) is 2.22. The van der Waals surface area contributed by atoms with Gasteiger partial charge in [0.05, 0.1) is 0 Å². The minimum Gasteiger partial charge on any atom is -0.550 e. The van der Waals surface area contributed by atoms with Gasteiger partial charge < -0.3 is 24.9 Å². The molecule has 1 saturated carbocycles. The van der Waals surface area contributed by atoms with Crippen LogP contribution in [0.5, 0.6) is 5.75 Å². The number of carbonyl (C=O) groups is 2. The lowest BCUT2D eigenvalue weighted by atomic mass is 9.78. The first-order chi connectivity index (χ1) is 13.7. The third-order valence-electron chi connectivity index (χ3n) is 5.40. The van der Waals surface area contributed by atoms with E-state index < -0.39 is 24.2 Å². The smallest absolute Gasteiger partial charge is 0.550 e. The van der Waals surface area contributed by atoms with E-state index in [2.05, 4.69) is 15.0 Å². The molecule has 1 aromatic heterocycles. The van der Waals surface area contributed by atoms with Gasteiger partial charge in [-0.15, -0.1) is 13.2 Å². The maximum atomic E-state index is 12.5. The minimum atomic E-state index is -4.78. The second-order valence-electron chi connectivity index (χ2n) is 7.34. The van der Waals surface area contributed by atoms with Crippen LogP contribution in [0.15, 0.2) is 18.2 Å². The van der Waals surface area contributed by atoms with Crippen LogP contribution in [0.4, 0.5) is 13.2 Å². The number of fused-ring (bicyclic) bond motifs is 1. The zero-order valence-corrected chi connectivity index (χ0v) is 15.9. The molecular formula is C20H22F3N2O4-. The summed E-state index contributed by atoms with van der Waals surface area (Å²) in [6.07, 6.45) is -1.89. The van der Waals surface area contributed by atoms with Gasteiger partial charge in [0.15, 0.2) is 0 Å². The van der Waals surface area contributed by atoms with Crippen LogP contribution < -0.4 is 15.2 Å². The first-order valence-corrected chi connectivity index (χ1v) is 9.51. The molecular weight excluding hydrogens is 389 g/mol. The van der Waals surface area contributed by atoms with Gasteiger partial charge in [0.25, 0.3) is 0 Å². The second-order valence-corrected chi connectivity index (χ2v) is 7.34. The zero-order chi connectivity index (χ0) is 21.2. The number of nitrogens with one attached hydrogen (secondary N) is 2. The highest BCUT2D eigenvalue weighted by Gasteiger charge is 2.32. The van der Waals surface area contributed by atoms with Crippen molar-refractivity contribution < 1.29 is 32.6 Å². The molecule has 0 unspecified atom stereocenters. The highest BCUT2D eigenvalue weighted by Crippen LogP contribution is 2.31. The Morgan fingerprint density at radius 1 is 1.24 bits per heavy atom. The number of carbonyl (C=O) groups excluding carboxylic acids is 2. The number of H-pyrrole nitrogens is 1.